The Hall–Kier alpha value is -3.58. The molecule has 4 aromatic rings. The van der Waals surface area contributed by atoms with Crippen molar-refractivity contribution in [2.24, 2.45) is 0 Å². The van der Waals surface area contributed by atoms with Crippen LogP contribution in [0.2, 0.25) is 0 Å². The molecule has 136 valence electrons. The van der Waals surface area contributed by atoms with E-state index < -0.39 is 0 Å². The van der Waals surface area contributed by atoms with E-state index in [1.54, 1.807) is 6.08 Å². The zero-order valence-electron chi connectivity index (χ0n) is 16.0. The van der Waals surface area contributed by atoms with Gasteiger partial charge in [-0.3, -0.25) is 0 Å². The molecule has 0 radical (unpaired) electrons. The summed E-state index contributed by atoms with van der Waals surface area (Å²) in [4.78, 5) is 0. The second-order valence-electron chi connectivity index (χ2n) is 6.75. The Morgan fingerprint density at radius 3 is 2.21 bits per heavy atom. The molecule has 0 atom stereocenters. The topological polar surface area (TPSA) is 12.0 Å². The van der Waals surface area contributed by atoms with Crippen molar-refractivity contribution in [1.29, 1.82) is 0 Å². The summed E-state index contributed by atoms with van der Waals surface area (Å²) in [6.45, 7) is 5.79. The molecule has 4 aromatic carbocycles. The molecule has 0 amide bonds. The lowest BCUT2D eigenvalue weighted by Crippen LogP contribution is -1.96. The molecule has 0 unspecified atom stereocenters. The Bertz CT molecular complexity index is 1190. The van der Waals surface area contributed by atoms with E-state index in [9.17, 15) is 0 Å². The van der Waals surface area contributed by atoms with Gasteiger partial charge >= 0.3 is 0 Å². The van der Waals surface area contributed by atoms with Crippen LogP contribution in [0.25, 0.3) is 32.7 Å². The maximum absolute atomic E-state index is 3.78. The van der Waals surface area contributed by atoms with Gasteiger partial charge in [0.15, 0.2) is 0 Å². The Balaban J connectivity index is 1.78. The molecule has 0 aliphatic heterocycles. The highest BCUT2D eigenvalue weighted by atomic mass is 14.9. The molecule has 0 saturated carbocycles. The van der Waals surface area contributed by atoms with Gasteiger partial charge in [0.05, 0.1) is 0 Å². The average Bonchev–Trinajstić information content (AvgIpc) is 2.74. The van der Waals surface area contributed by atoms with Crippen LogP contribution in [0.1, 0.15) is 6.92 Å². The van der Waals surface area contributed by atoms with E-state index in [1.807, 2.05) is 25.2 Å². The lowest BCUT2D eigenvalue weighted by atomic mass is 9.93. The van der Waals surface area contributed by atoms with Gasteiger partial charge in [-0.05, 0) is 69.9 Å². The summed E-state index contributed by atoms with van der Waals surface area (Å²) in [6.07, 6.45) is 7.80. The summed E-state index contributed by atoms with van der Waals surface area (Å²) in [5, 5.41) is 8.57. The molecule has 1 N–H and O–H groups in total. The first-order valence-electron chi connectivity index (χ1n) is 9.53. The number of nitrogens with one attached hydrogen (secondary N) is 1. The maximum Gasteiger partial charge on any atom is 0.0384 e. The third-order valence-corrected chi connectivity index (χ3v) is 4.90. The van der Waals surface area contributed by atoms with Gasteiger partial charge in [0, 0.05) is 11.4 Å². The summed E-state index contributed by atoms with van der Waals surface area (Å²) in [5.41, 5.74) is 4.55. The van der Waals surface area contributed by atoms with Gasteiger partial charge < -0.3 is 5.32 Å². The molecular formula is C27H23N. The third-order valence-electron chi connectivity index (χ3n) is 4.90. The fourth-order valence-corrected chi connectivity index (χ4v) is 3.64. The summed E-state index contributed by atoms with van der Waals surface area (Å²) in [6, 6.07) is 28.1. The van der Waals surface area contributed by atoms with Gasteiger partial charge in [0.1, 0.15) is 0 Å². The quantitative estimate of drug-likeness (QED) is 0.283. The first kappa shape index (κ1) is 17.8. The molecule has 0 spiro atoms. The van der Waals surface area contributed by atoms with Crippen LogP contribution in [0, 0.1) is 0 Å². The van der Waals surface area contributed by atoms with Crippen LogP contribution >= 0.6 is 0 Å². The number of benzene rings is 4. The number of anilines is 1. The molecular weight excluding hydrogens is 338 g/mol. The normalized spacial score (nSPS) is 12.0. The zero-order chi connectivity index (χ0) is 19.3. The van der Waals surface area contributed by atoms with Crippen molar-refractivity contribution >= 4 is 27.2 Å². The van der Waals surface area contributed by atoms with Gasteiger partial charge in [0.25, 0.3) is 0 Å². The molecule has 0 aliphatic carbocycles. The van der Waals surface area contributed by atoms with Crippen LogP contribution in [0.4, 0.5) is 5.69 Å². The Morgan fingerprint density at radius 2 is 1.50 bits per heavy atom. The average molecular weight is 361 g/mol. The summed E-state index contributed by atoms with van der Waals surface area (Å²) in [5.74, 6) is 0. The highest BCUT2D eigenvalue weighted by Gasteiger charge is 2.08. The van der Waals surface area contributed by atoms with Crippen molar-refractivity contribution in [3.8, 4) is 11.1 Å². The Labute approximate surface area is 166 Å². The largest absolute Gasteiger partial charge is 0.356 e. The summed E-state index contributed by atoms with van der Waals surface area (Å²) >= 11 is 0. The van der Waals surface area contributed by atoms with Gasteiger partial charge in [-0.2, -0.15) is 0 Å². The Morgan fingerprint density at radius 1 is 0.821 bits per heavy atom. The van der Waals surface area contributed by atoms with Crippen molar-refractivity contribution in [3.63, 3.8) is 0 Å². The van der Waals surface area contributed by atoms with E-state index in [0.29, 0.717) is 0 Å². The Kier molecular flexibility index (Phi) is 5.07. The number of fused-ring (bicyclic) bond motifs is 3. The molecule has 0 heterocycles. The molecule has 0 saturated heterocycles. The lowest BCUT2D eigenvalue weighted by Gasteiger charge is -2.12. The monoisotopic (exact) mass is 361 g/mol. The van der Waals surface area contributed by atoms with E-state index in [1.165, 1.54) is 32.7 Å². The predicted molar refractivity (Wildman–Crippen MR) is 124 cm³/mol. The zero-order valence-corrected chi connectivity index (χ0v) is 16.0. The number of rotatable bonds is 5. The van der Waals surface area contributed by atoms with Crippen LogP contribution in [0.3, 0.4) is 0 Å². The highest BCUT2D eigenvalue weighted by molar-refractivity contribution is 6.13. The van der Waals surface area contributed by atoms with Crippen LogP contribution < -0.4 is 5.32 Å². The van der Waals surface area contributed by atoms with Crippen molar-refractivity contribution in [1.82, 2.24) is 0 Å². The van der Waals surface area contributed by atoms with Crippen molar-refractivity contribution in [2.75, 3.05) is 5.32 Å². The van der Waals surface area contributed by atoms with Crippen LogP contribution in [0.15, 0.2) is 115 Å². The second kappa shape index (κ2) is 7.98. The molecule has 1 nitrogen and oxygen atoms in total. The minimum Gasteiger partial charge on any atom is -0.356 e. The molecule has 1 heteroatoms. The maximum atomic E-state index is 3.78. The number of allylic oxidation sites excluding steroid dienone is 4. The SMILES string of the molecule is C=C/C=C(\C=C/C)Nc1ccc(-c2cc3ccccc3c3ccccc23)cc1. The molecule has 0 aliphatic rings. The van der Waals surface area contributed by atoms with E-state index in [2.05, 4.69) is 90.8 Å². The molecule has 0 bridgehead atoms. The van der Waals surface area contributed by atoms with Crippen LogP contribution in [-0.2, 0) is 0 Å². The highest BCUT2D eigenvalue weighted by Crippen LogP contribution is 2.35. The molecule has 0 aromatic heterocycles. The smallest absolute Gasteiger partial charge is 0.0384 e. The minimum absolute atomic E-state index is 1.02. The lowest BCUT2D eigenvalue weighted by molar-refractivity contribution is 1.46. The van der Waals surface area contributed by atoms with E-state index in [0.717, 1.165) is 11.4 Å². The number of hydrogen-bond acceptors (Lipinski definition) is 1. The third kappa shape index (κ3) is 3.47. The van der Waals surface area contributed by atoms with Gasteiger partial charge in [0.2, 0.25) is 0 Å². The summed E-state index contributed by atoms with van der Waals surface area (Å²) in [7, 11) is 0. The standard InChI is InChI=1S/C27H23N/c1-3-9-22(10-4-2)28-23-17-15-20(16-18-23)27-19-21-11-5-6-12-24(21)25-13-7-8-14-26(25)27/h3-19,28H,1H2,2H3/b10-4-,22-9+. The van der Waals surface area contributed by atoms with E-state index in [4.69, 9.17) is 0 Å². The second-order valence-corrected chi connectivity index (χ2v) is 6.75. The minimum atomic E-state index is 1.02. The molecule has 28 heavy (non-hydrogen) atoms. The van der Waals surface area contributed by atoms with E-state index >= 15 is 0 Å². The number of hydrogen-bond donors (Lipinski definition) is 1. The van der Waals surface area contributed by atoms with Crippen molar-refractivity contribution in [2.45, 2.75) is 6.92 Å². The predicted octanol–water partition coefficient (Wildman–Crippen LogP) is 7.72. The van der Waals surface area contributed by atoms with Gasteiger partial charge in [-0.25, -0.2) is 0 Å². The van der Waals surface area contributed by atoms with Gasteiger partial charge in [-0.1, -0.05) is 79.4 Å². The molecule has 4 rings (SSSR count). The fraction of sp³-hybridized carbons (Fsp3) is 0.0370. The van der Waals surface area contributed by atoms with Crippen LogP contribution in [0.5, 0.6) is 0 Å². The van der Waals surface area contributed by atoms with Crippen LogP contribution in [-0.4, -0.2) is 0 Å². The van der Waals surface area contributed by atoms with Crippen molar-refractivity contribution < 1.29 is 0 Å². The first-order chi connectivity index (χ1) is 13.8. The van der Waals surface area contributed by atoms with E-state index in [-0.39, 0.29) is 0 Å². The summed E-state index contributed by atoms with van der Waals surface area (Å²) < 4.78 is 0. The van der Waals surface area contributed by atoms with Gasteiger partial charge in [-0.15, -0.1) is 0 Å². The first-order valence-corrected chi connectivity index (χ1v) is 9.53. The molecule has 0 fully saturated rings. The van der Waals surface area contributed by atoms with Crippen molar-refractivity contribution in [3.05, 3.63) is 115 Å². The fourth-order valence-electron chi connectivity index (χ4n) is 3.64.